The van der Waals surface area contributed by atoms with Crippen molar-refractivity contribution in [1.82, 2.24) is 10.0 Å². The van der Waals surface area contributed by atoms with E-state index in [9.17, 15) is 18.5 Å². The van der Waals surface area contributed by atoms with Gasteiger partial charge in [-0.25, -0.2) is 13.1 Å². The van der Waals surface area contributed by atoms with Crippen molar-refractivity contribution < 1.29 is 18.1 Å². The van der Waals surface area contributed by atoms with Crippen LogP contribution in [0, 0.1) is 15.5 Å². The highest BCUT2D eigenvalue weighted by Gasteiger charge is 2.44. The molecule has 0 saturated carbocycles. The molecule has 1 aromatic carbocycles. The first-order valence-electron chi connectivity index (χ1n) is 6.97. The molecule has 2 fully saturated rings. The molecule has 3 rings (SSSR count). The highest BCUT2D eigenvalue weighted by atomic mass is 32.2. The number of nitro benzene ring substituents is 1. The van der Waals surface area contributed by atoms with E-state index in [4.69, 9.17) is 4.74 Å². The number of benzene rings is 1. The second-order valence-corrected chi connectivity index (χ2v) is 7.55. The third kappa shape index (κ3) is 2.84. The van der Waals surface area contributed by atoms with E-state index >= 15 is 0 Å². The summed E-state index contributed by atoms with van der Waals surface area (Å²) in [5.74, 6) is 0. The Morgan fingerprint density at radius 1 is 1.41 bits per heavy atom. The van der Waals surface area contributed by atoms with Gasteiger partial charge in [0.1, 0.15) is 0 Å². The number of nitrogens with zero attached hydrogens (tertiary/aromatic N) is 1. The highest BCUT2D eigenvalue weighted by Crippen LogP contribution is 2.36. The molecule has 0 amide bonds. The summed E-state index contributed by atoms with van der Waals surface area (Å²) in [6.45, 7) is 2.52. The van der Waals surface area contributed by atoms with Gasteiger partial charge in [0.15, 0.2) is 4.90 Å². The molecule has 1 aromatic rings. The van der Waals surface area contributed by atoms with Gasteiger partial charge < -0.3 is 10.1 Å². The van der Waals surface area contributed by atoms with Gasteiger partial charge in [-0.05, 0) is 12.5 Å². The summed E-state index contributed by atoms with van der Waals surface area (Å²) in [7, 11) is -3.94. The smallest absolute Gasteiger partial charge is 0.289 e. The molecule has 1 unspecified atom stereocenters. The first-order valence-corrected chi connectivity index (χ1v) is 8.46. The van der Waals surface area contributed by atoms with E-state index in [1.807, 2.05) is 0 Å². The molecule has 9 heteroatoms. The minimum Gasteiger partial charge on any atom is -0.376 e. The van der Waals surface area contributed by atoms with E-state index in [-0.39, 0.29) is 23.0 Å². The highest BCUT2D eigenvalue weighted by molar-refractivity contribution is 7.89. The van der Waals surface area contributed by atoms with Crippen LogP contribution in [0.3, 0.4) is 0 Å². The average Bonchev–Trinajstić information content (AvgIpc) is 2.90. The number of para-hydroxylation sites is 1. The fourth-order valence-electron chi connectivity index (χ4n) is 2.87. The molecule has 0 aliphatic carbocycles. The number of nitrogens with one attached hydrogen (secondary N) is 2. The maximum atomic E-state index is 12.3. The normalized spacial score (nSPS) is 23.4. The van der Waals surface area contributed by atoms with E-state index in [2.05, 4.69) is 10.0 Å². The van der Waals surface area contributed by atoms with E-state index in [1.165, 1.54) is 24.3 Å². The van der Waals surface area contributed by atoms with Crippen molar-refractivity contribution in [2.75, 3.05) is 26.2 Å². The Hall–Kier alpha value is -1.55. The Bertz CT molecular complexity index is 687. The largest absolute Gasteiger partial charge is 0.376 e. The topological polar surface area (TPSA) is 111 Å². The summed E-state index contributed by atoms with van der Waals surface area (Å²) in [6.07, 6.45) is 0.596. The molecule has 0 bridgehead atoms. The van der Waals surface area contributed by atoms with Gasteiger partial charge in [-0.15, -0.1) is 0 Å². The molecule has 2 N–H and O–H groups in total. The molecule has 8 nitrogen and oxygen atoms in total. The van der Waals surface area contributed by atoms with Crippen LogP contribution in [0.5, 0.6) is 0 Å². The molecule has 0 aromatic heterocycles. The zero-order chi connectivity index (χ0) is 15.8. The Balaban J connectivity index is 1.68. The first-order chi connectivity index (χ1) is 10.4. The van der Waals surface area contributed by atoms with Crippen LogP contribution in [0.15, 0.2) is 29.2 Å². The van der Waals surface area contributed by atoms with Crippen molar-refractivity contribution in [3.05, 3.63) is 34.4 Å². The minimum atomic E-state index is -3.94. The van der Waals surface area contributed by atoms with Crippen molar-refractivity contribution in [2.45, 2.75) is 17.4 Å². The second kappa shape index (κ2) is 5.58. The van der Waals surface area contributed by atoms with Gasteiger partial charge in [0.05, 0.1) is 17.6 Å². The van der Waals surface area contributed by atoms with Crippen LogP contribution >= 0.6 is 0 Å². The van der Waals surface area contributed by atoms with E-state index in [1.54, 1.807) is 0 Å². The number of rotatable bonds is 5. The number of nitro groups is 1. The Morgan fingerprint density at radius 2 is 2.14 bits per heavy atom. The van der Waals surface area contributed by atoms with Crippen molar-refractivity contribution >= 4 is 15.7 Å². The first kappa shape index (κ1) is 15.3. The molecule has 2 aliphatic rings. The molecule has 2 aliphatic heterocycles. The van der Waals surface area contributed by atoms with Crippen molar-refractivity contribution in [2.24, 2.45) is 5.41 Å². The van der Waals surface area contributed by atoms with E-state index in [0.717, 1.165) is 19.5 Å². The predicted octanol–water partition coefficient (Wildman–Crippen LogP) is 0.252. The Morgan fingerprint density at radius 3 is 2.73 bits per heavy atom. The third-order valence-electron chi connectivity index (χ3n) is 4.14. The van der Waals surface area contributed by atoms with Gasteiger partial charge in [0, 0.05) is 31.1 Å². The number of hydrogen-bond acceptors (Lipinski definition) is 6. The van der Waals surface area contributed by atoms with Crippen LogP contribution < -0.4 is 10.0 Å². The van der Waals surface area contributed by atoms with Crippen molar-refractivity contribution in [1.29, 1.82) is 0 Å². The molecular formula is C13H17N3O5S. The molecule has 22 heavy (non-hydrogen) atoms. The molecule has 2 heterocycles. The van der Waals surface area contributed by atoms with Crippen molar-refractivity contribution in [3.63, 3.8) is 0 Å². The van der Waals surface area contributed by atoms with Crippen molar-refractivity contribution in [3.8, 4) is 0 Å². The zero-order valence-electron chi connectivity index (χ0n) is 11.8. The Kier molecular flexibility index (Phi) is 3.89. The summed E-state index contributed by atoms with van der Waals surface area (Å²) in [6, 6.07) is 5.30. The van der Waals surface area contributed by atoms with Gasteiger partial charge >= 0.3 is 0 Å². The lowest BCUT2D eigenvalue weighted by atomic mass is 9.80. The van der Waals surface area contributed by atoms with Gasteiger partial charge in [0.2, 0.25) is 10.0 Å². The van der Waals surface area contributed by atoms with Gasteiger partial charge in [-0.1, -0.05) is 12.1 Å². The standard InChI is InChI=1S/C13H17N3O5S/c17-16(18)11-3-1-2-4-12(11)22(19,20)15-6-10-5-13(9-21-10)7-14-8-13/h1-4,10,14-15H,5-9H2. The lowest BCUT2D eigenvalue weighted by molar-refractivity contribution is -0.387. The zero-order valence-corrected chi connectivity index (χ0v) is 12.6. The van der Waals surface area contributed by atoms with Crippen LogP contribution in [-0.4, -0.2) is 45.7 Å². The van der Waals surface area contributed by atoms with Crippen LogP contribution in [0.25, 0.3) is 0 Å². The van der Waals surface area contributed by atoms with Crippen LogP contribution in [-0.2, 0) is 14.8 Å². The maximum Gasteiger partial charge on any atom is 0.289 e. The third-order valence-corrected chi connectivity index (χ3v) is 5.61. The van der Waals surface area contributed by atoms with E-state index in [0.29, 0.717) is 6.61 Å². The summed E-state index contributed by atoms with van der Waals surface area (Å²) in [5, 5.41) is 14.1. The summed E-state index contributed by atoms with van der Waals surface area (Å²) >= 11 is 0. The average molecular weight is 327 g/mol. The van der Waals surface area contributed by atoms with Crippen LogP contribution in [0.2, 0.25) is 0 Å². The fourth-order valence-corrected chi connectivity index (χ4v) is 4.10. The maximum absolute atomic E-state index is 12.3. The lowest BCUT2D eigenvalue weighted by Gasteiger charge is -2.37. The quantitative estimate of drug-likeness (QED) is 0.592. The van der Waals surface area contributed by atoms with Crippen LogP contribution in [0.4, 0.5) is 5.69 Å². The number of ether oxygens (including phenoxy) is 1. The Labute approximate surface area is 128 Å². The van der Waals surface area contributed by atoms with Gasteiger partial charge in [-0.2, -0.15) is 0 Å². The van der Waals surface area contributed by atoms with Crippen LogP contribution in [0.1, 0.15) is 6.42 Å². The molecule has 120 valence electrons. The molecule has 0 radical (unpaired) electrons. The number of hydrogen-bond donors (Lipinski definition) is 2. The second-order valence-electron chi connectivity index (χ2n) is 5.82. The molecular weight excluding hydrogens is 310 g/mol. The number of sulfonamides is 1. The summed E-state index contributed by atoms with van der Waals surface area (Å²) in [5.41, 5.74) is -0.295. The lowest BCUT2D eigenvalue weighted by Crippen LogP contribution is -2.54. The minimum absolute atomic E-state index is 0.121. The SMILES string of the molecule is O=[N+]([O-])c1ccccc1S(=O)(=O)NCC1CC2(CNC2)CO1. The van der Waals surface area contributed by atoms with E-state index < -0.39 is 20.6 Å². The van der Waals surface area contributed by atoms with Gasteiger partial charge in [-0.3, -0.25) is 10.1 Å². The molecule has 1 atom stereocenters. The fraction of sp³-hybridized carbons (Fsp3) is 0.538. The van der Waals surface area contributed by atoms with Gasteiger partial charge in [0.25, 0.3) is 5.69 Å². The summed E-state index contributed by atoms with van der Waals surface area (Å²) in [4.78, 5) is 9.92. The monoisotopic (exact) mass is 327 g/mol. The molecule has 2 saturated heterocycles. The predicted molar refractivity (Wildman–Crippen MR) is 77.9 cm³/mol. The molecule has 1 spiro atoms. The summed E-state index contributed by atoms with van der Waals surface area (Å²) < 4.78 is 32.6.